The van der Waals surface area contributed by atoms with Gasteiger partial charge in [0.1, 0.15) is 12.4 Å². The molecule has 2 N–H and O–H groups in total. The first-order valence-electron chi connectivity index (χ1n) is 9.58. The smallest absolute Gasteiger partial charge is 0.255 e. The van der Waals surface area contributed by atoms with Gasteiger partial charge in [-0.1, -0.05) is 18.2 Å². The van der Waals surface area contributed by atoms with Crippen LogP contribution in [0.2, 0.25) is 0 Å². The van der Waals surface area contributed by atoms with Crippen LogP contribution in [0.5, 0.6) is 5.75 Å². The van der Waals surface area contributed by atoms with Crippen LogP contribution >= 0.6 is 11.3 Å². The molecule has 7 heteroatoms. The Balaban J connectivity index is 1.71. The average molecular weight is 424 g/mol. The van der Waals surface area contributed by atoms with E-state index in [1.807, 2.05) is 33.1 Å². The highest BCUT2D eigenvalue weighted by Gasteiger charge is 2.19. The molecule has 0 aliphatic heterocycles. The van der Waals surface area contributed by atoms with E-state index in [1.165, 1.54) is 0 Å². The molecule has 1 aromatic heterocycles. The van der Waals surface area contributed by atoms with Crippen molar-refractivity contribution in [3.63, 3.8) is 0 Å². The number of rotatable bonds is 6. The zero-order valence-corrected chi connectivity index (χ0v) is 18.3. The summed E-state index contributed by atoms with van der Waals surface area (Å²) in [7, 11) is 0. The molecule has 0 spiro atoms. The molecule has 2 amide bonds. The van der Waals surface area contributed by atoms with Crippen LogP contribution in [0.25, 0.3) is 0 Å². The number of nitrogens with zero attached hydrogens (tertiary/aromatic N) is 1. The van der Waals surface area contributed by atoms with Crippen LogP contribution in [0.1, 0.15) is 52.2 Å². The molecule has 1 heterocycles. The van der Waals surface area contributed by atoms with E-state index in [-0.39, 0.29) is 17.4 Å². The minimum atomic E-state index is -0.379. The Morgan fingerprint density at radius 1 is 1.07 bits per heavy atom. The predicted octanol–water partition coefficient (Wildman–Crippen LogP) is 4.81. The fourth-order valence-corrected chi connectivity index (χ4v) is 3.35. The lowest BCUT2D eigenvalue weighted by atomic mass is 10.1. The van der Waals surface area contributed by atoms with Gasteiger partial charge in [-0.2, -0.15) is 0 Å². The number of para-hydroxylation sites is 1. The highest BCUT2D eigenvalue weighted by Crippen LogP contribution is 2.20. The van der Waals surface area contributed by atoms with Crippen molar-refractivity contribution in [2.24, 2.45) is 0 Å². The molecule has 156 valence electrons. The molecule has 3 rings (SSSR count). The van der Waals surface area contributed by atoms with Gasteiger partial charge in [0.05, 0.1) is 22.0 Å². The minimum absolute atomic E-state index is 0.242. The van der Waals surface area contributed by atoms with Crippen LogP contribution in [0.3, 0.4) is 0 Å². The van der Waals surface area contributed by atoms with Gasteiger partial charge < -0.3 is 15.4 Å². The number of benzene rings is 2. The molecule has 3 aromatic rings. The summed E-state index contributed by atoms with van der Waals surface area (Å²) in [6.07, 6.45) is 0. The summed E-state index contributed by atoms with van der Waals surface area (Å²) in [6.45, 7) is 8.00. The Hall–Kier alpha value is -3.19. The Kier molecular flexibility index (Phi) is 6.52. The lowest BCUT2D eigenvalue weighted by Crippen LogP contribution is -2.40. The SMILES string of the molecule is Cc1nc(COc2cccc(C(=O)Nc3ccccc3C(=O)NC(C)(C)C)c2)cs1. The lowest BCUT2D eigenvalue weighted by molar-refractivity contribution is 0.0920. The third kappa shape index (κ3) is 5.90. The van der Waals surface area contributed by atoms with Gasteiger partial charge in [-0.15, -0.1) is 11.3 Å². The molecule has 0 saturated carbocycles. The van der Waals surface area contributed by atoms with Crippen LogP contribution in [0, 0.1) is 6.92 Å². The summed E-state index contributed by atoms with van der Waals surface area (Å²) in [5, 5.41) is 8.68. The summed E-state index contributed by atoms with van der Waals surface area (Å²) in [4.78, 5) is 29.7. The Morgan fingerprint density at radius 3 is 2.53 bits per heavy atom. The van der Waals surface area contributed by atoms with E-state index in [0.29, 0.717) is 29.2 Å². The number of thiazole rings is 1. The third-order valence-corrected chi connectivity index (χ3v) is 4.88. The van der Waals surface area contributed by atoms with Crippen molar-refractivity contribution in [3.05, 3.63) is 75.7 Å². The molecule has 30 heavy (non-hydrogen) atoms. The van der Waals surface area contributed by atoms with Crippen molar-refractivity contribution in [2.45, 2.75) is 39.8 Å². The number of carbonyl (C=O) groups excluding carboxylic acids is 2. The number of hydrogen-bond donors (Lipinski definition) is 2. The van der Waals surface area contributed by atoms with Gasteiger partial charge in [0.25, 0.3) is 11.8 Å². The fraction of sp³-hybridized carbons (Fsp3) is 0.261. The van der Waals surface area contributed by atoms with Gasteiger partial charge in [-0.05, 0) is 58.0 Å². The number of anilines is 1. The third-order valence-electron chi connectivity index (χ3n) is 4.06. The molecule has 0 atom stereocenters. The topological polar surface area (TPSA) is 80.3 Å². The second-order valence-corrected chi connectivity index (χ2v) is 8.94. The summed E-state index contributed by atoms with van der Waals surface area (Å²) in [5.74, 6) is 0.0158. The van der Waals surface area contributed by atoms with Gasteiger partial charge >= 0.3 is 0 Å². The second kappa shape index (κ2) is 9.09. The first-order chi connectivity index (χ1) is 14.2. The highest BCUT2D eigenvalue weighted by molar-refractivity contribution is 7.09. The number of amides is 2. The second-order valence-electron chi connectivity index (χ2n) is 7.88. The number of aryl methyl sites for hydroxylation is 1. The van der Waals surface area contributed by atoms with Crippen molar-refractivity contribution >= 4 is 28.8 Å². The average Bonchev–Trinajstić information content (AvgIpc) is 3.11. The Bertz CT molecular complexity index is 1050. The van der Waals surface area contributed by atoms with Crippen molar-refractivity contribution in [2.75, 3.05) is 5.32 Å². The first-order valence-corrected chi connectivity index (χ1v) is 10.5. The van der Waals surface area contributed by atoms with Gasteiger partial charge in [0.15, 0.2) is 0 Å². The van der Waals surface area contributed by atoms with Crippen LogP contribution in [-0.4, -0.2) is 22.3 Å². The summed E-state index contributed by atoms with van der Waals surface area (Å²) in [6, 6.07) is 13.9. The number of ether oxygens (including phenoxy) is 1. The normalized spacial score (nSPS) is 11.1. The Labute approximate surface area is 180 Å². The van der Waals surface area contributed by atoms with E-state index in [4.69, 9.17) is 4.74 Å². The standard InChI is InChI=1S/C23H25N3O3S/c1-15-24-17(14-30-15)13-29-18-9-7-8-16(12-18)21(27)25-20-11-6-5-10-19(20)22(28)26-23(2,3)4/h5-12,14H,13H2,1-4H3,(H,25,27)(H,26,28). The maximum absolute atomic E-state index is 12.8. The maximum Gasteiger partial charge on any atom is 0.255 e. The summed E-state index contributed by atoms with van der Waals surface area (Å²) < 4.78 is 5.76. The molecule has 0 aliphatic carbocycles. The van der Waals surface area contributed by atoms with E-state index in [0.717, 1.165) is 10.7 Å². The minimum Gasteiger partial charge on any atom is -0.487 e. The van der Waals surface area contributed by atoms with Crippen molar-refractivity contribution in [3.8, 4) is 5.75 Å². The molecule has 0 aliphatic rings. The molecule has 0 fully saturated rings. The van der Waals surface area contributed by atoms with Crippen LogP contribution in [-0.2, 0) is 6.61 Å². The zero-order chi connectivity index (χ0) is 21.7. The monoisotopic (exact) mass is 423 g/mol. The van der Waals surface area contributed by atoms with Crippen molar-refractivity contribution in [1.29, 1.82) is 0 Å². The van der Waals surface area contributed by atoms with E-state index < -0.39 is 0 Å². The first kappa shape index (κ1) is 21.5. The van der Waals surface area contributed by atoms with Gasteiger partial charge in [0.2, 0.25) is 0 Å². The van der Waals surface area contributed by atoms with E-state index in [1.54, 1.807) is 59.9 Å². The summed E-state index contributed by atoms with van der Waals surface area (Å²) >= 11 is 1.57. The van der Waals surface area contributed by atoms with Gasteiger partial charge in [0, 0.05) is 16.5 Å². The van der Waals surface area contributed by atoms with Gasteiger partial charge in [-0.3, -0.25) is 9.59 Å². The van der Waals surface area contributed by atoms with E-state index in [9.17, 15) is 9.59 Å². The number of carbonyl (C=O) groups is 2. The van der Waals surface area contributed by atoms with E-state index >= 15 is 0 Å². The van der Waals surface area contributed by atoms with Crippen LogP contribution in [0.4, 0.5) is 5.69 Å². The number of aromatic nitrogens is 1. The lowest BCUT2D eigenvalue weighted by Gasteiger charge is -2.21. The molecule has 6 nitrogen and oxygen atoms in total. The molecular weight excluding hydrogens is 398 g/mol. The number of nitrogens with one attached hydrogen (secondary N) is 2. The molecule has 0 radical (unpaired) electrons. The quantitative estimate of drug-likeness (QED) is 0.596. The molecular formula is C23H25N3O3S. The zero-order valence-electron chi connectivity index (χ0n) is 17.5. The largest absolute Gasteiger partial charge is 0.487 e. The summed E-state index contributed by atoms with van der Waals surface area (Å²) in [5.41, 5.74) is 1.77. The van der Waals surface area contributed by atoms with E-state index in [2.05, 4.69) is 15.6 Å². The fourth-order valence-electron chi connectivity index (χ4n) is 2.75. The Morgan fingerprint density at radius 2 is 1.83 bits per heavy atom. The molecule has 0 unspecified atom stereocenters. The highest BCUT2D eigenvalue weighted by atomic mass is 32.1. The molecule has 0 bridgehead atoms. The molecule has 0 saturated heterocycles. The molecule has 2 aromatic carbocycles. The van der Waals surface area contributed by atoms with Gasteiger partial charge in [-0.25, -0.2) is 4.98 Å². The van der Waals surface area contributed by atoms with Crippen molar-refractivity contribution < 1.29 is 14.3 Å². The predicted molar refractivity (Wildman–Crippen MR) is 119 cm³/mol. The van der Waals surface area contributed by atoms with Crippen LogP contribution < -0.4 is 15.4 Å². The van der Waals surface area contributed by atoms with Crippen LogP contribution in [0.15, 0.2) is 53.9 Å². The maximum atomic E-state index is 12.8. The number of hydrogen-bond acceptors (Lipinski definition) is 5. The van der Waals surface area contributed by atoms with Crippen molar-refractivity contribution in [1.82, 2.24) is 10.3 Å².